The van der Waals surface area contributed by atoms with Gasteiger partial charge in [0.1, 0.15) is 5.69 Å². The van der Waals surface area contributed by atoms with Crippen molar-refractivity contribution in [2.45, 2.75) is 19.8 Å². The zero-order valence-corrected chi connectivity index (χ0v) is 11.9. The summed E-state index contributed by atoms with van der Waals surface area (Å²) in [5.74, 6) is -0.478. The summed E-state index contributed by atoms with van der Waals surface area (Å²) in [6.07, 6.45) is 3.06. The Morgan fingerprint density at radius 1 is 1.25 bits per heavy atom. The molecule has 0 aromatic carbocycles. The predicted octanol–water partition coefficient (Wildman–Crippen LogP) is 0.988. The van der Waals surface area contributed by atoms with E-state index in [1.165, 1.54) is 12.3 Å². The average Bonchev–Trinajstić information content (AvgIpc) is 2.49. The molecule has 0 aliphatic rings. The van der Waals surface area contributed by atoms with E-state index < -0.39 is 0 Å². The topological polar surface area (TPSA) is 80.3 Å². The van der Waals surface area contributed by atoms with E-state index in [4.69, 9.17) is 4.74 Å². The van der Waals surface area contributed by atoms with Crippen LogP contribution in [0.3, 0.4) is 0 Å². The fourth-order valence-electron chi connectivity index (χ4n) is 1.55. The highest BCUT2D eigenvalue weighted by Crippen LogP contribution is 2.02. The molecule has 1 aromatic heterocycles. The molecule has 20 heavy (non-hydrogen) atoms. The fraction of sp³-hybridized carbons (Fsp3) is 0.500. The van der Waals surface area contributed by atoms with E-state index in [1.54, 1.807) is 13.2 Å². The van der Waals surface area contributed by atoms with Crippen LogP contribution in [0.2, 0.25) is 0 Å². The molecule has 6 nitrogen and oxygen atoms in total. The first-order valence-electron chi connectivity index (χ1n) is 6.70. The van der Waals surface area contributed by atoms with Crippen molar-refractivity contribution >= 4 is 11.8 Å². The molecule has 1 aromatic rings. The Kier molecular flexibility index (Phi) is 7.27. The summed E-state index contributed by atoms with van der Waals surface area (Å²) in [7, 11) is 1.62. The minimum absolute atomic E-state index is 0.215. The van der Waals surface area contributed by atoms with Crippen LogP contribution in [-0.4, -0.2) is 43.6 Å². The van der Waals surface area contributed by atoms with Crippen LogP contribution < -0.4 is 10.6 Å². The molecular formula is C14H21N3O3. The average molecular weight is 279 g/mol. The molecule has 0 radical (unpaired) electrons. The van der Waals surface area contributed by atoms with Crippen LogP contribution >= 0.6 is 0 Å². The largest absolute Gasteiger partial charge is 0.385 e. The van der Waals surface area contributed by atoms with Gasteiger partial charge in [0, 0.05) is 38.6 Å². The smallest absolute Gasteiger partial charge is 0.269 e. The zero-order chi connectivity index (χ0) is 14.8. The van der Waals surface area contributed by atoms with E-state index in [9.17, 15) is 9.59 Å². The van der Waals surface area contributed by atoms with Crippen molar-refractivity contribution in [3.63, 3.8) is 0 Å². The van der Waals surface area contributed by atoms with E-state index in [0.29, 0.717) is 25.3 Å². The van der Waals surface area contributed by atoms with Gasteiger partial charge in [0.15, 0.2) is 0 Å². The van der Waals surface area contributed by atoms with Crippen molar-refractivity contribution in [2.75, 3.05) is 26.8 Å². The number of carbonyl (C=O) groups excluding carboxylic acids is 2. The lowest BCUT2D eigenvalue weighted by Gasteiger charge is -2.06. The van der Waals surface area contributed by atoms with Crippen LogP contribution in [0.1, 0.15) is 40.6 Å². The molecule has 1 rings (SSSR count). The quantitative estimate of drug-likeness (QED) is 0.695. The van der Waals surface area contributed by atoms with Crippen LogP contribution in [0.4, 0.5) is 0 Å². The monoisotopic (exact) mass is 279 g/mol. The molecule has 0 aliphatic carbocycles. The van der Waals surface area contributed by atoms with Crippen LogP contribution in [0.25, 0.3) is 0 Å². The first-order chi connectivity index (χ1) is 9.69. The number of ether oxygens (including phenoxy) is 1. The summed E-state index contributed by atoms with van der Waals surface area (Å²) in [4.78, 5) is 27.6. The maximum Gasteiger partial charge on any atom is 0.269 e. The Balaban J connectivity index is 2.58. The number of hydrogen-bond donors (Lipinski definition) is 2. The van der Waals surface area contributed by atoms with Gasteiger partial charge in [0.25, 0.3) is 11.8 Å². The lowest BCUT2D eigenvalue weighted by molar-refractivity contribution is 0.0948. The molecule has 0 bridgehead atoms. The summed E-state index contributed by atoms with van der Waals surface area (Å²) in [6, 6.07) is 3.08. The number of aromatic nitrogens is 1. The minimum Gasteiger partial charge on any atom is -0.385 e. The third kappa shape index (κ3) is 5.36. The van der Waals surface area contributed by atoms with Gasteiger partial charge in [0.2, 0.25) is 0 Å². The summed E-state index contributed by atoms with van der Waals surface area (Å²) in [5, 5.41) is 5.49. The number of rotatable bonds is 8. The SMILES string of the molecule is CCCNC(=O)c1cc(C(=O)NCCCOC)ccn1. The van der Waals surface area contributed by atoms with Crippen molar-refractivity contribution in [1.29, 1.82) is 0 Å². The summed E-state index contributed by atoms with van der Waals surface area (Å²) in [5.41, 5.74) is 0.682. The zero-order valence-electron chi connectivity index (χ0n) is 11.9. The summed E-state index contributed by atoms with van der Waals surface area (Å²) < 4.78 is 4.90. The lowest BCUT2D eigenvalue weighted by atomic mass is 10.2. The van der Waals surface area contributed by atoms with Gasteiger partial charge in [-0.25, -0.2) is 0 Å². The molecule has 0 unspecified atom stereocenters. The number of carbonyl (C=O) groups is 2. The third-order valence-corrected chi connectivity index (χ3v) is 2.60. The number of nitrogens with one attached hydrogen (secondary N) is 2. The van der Waals surface area contributed by atoms with Gasteiger partial charge >= 0.3 is 0 Å². The molecule has 0 fully saturated rings. The van der Waals surface area contributed by atoms with Gasteiger partial charge in [-0.3, -0.25) is 14.6 Å². The van der Waals surface area contributed by atoms with Gasteiger partial charge in [-0.2, -0.15) is 0 Å². The second kappa shape index (κ2) is 9.03. The number of amides is 2. The van der Waals surface area contributed by atoms with Crippen LogP contribution in [0, 0.1) is 0 Å². The van der Waals surface area contributed by atoms with Gasteiger partial charge in [-0.05, 0) is 25.0 Å². The minimum atomic E-state index is -0.263. The first kappa shape index (κ1) is 16.1. The highest BCUT2D eigenvalue weighted by molar-refractivity contribution is 5.98. The molecule has 0 saturated heterocycles. The van der Waals surface area contributed by atoms with E-state index >= 15 is 0 Å². The van der Waals surface area contributed by atoms with Crippen molar-refractivity contribution in [2.24, 2.45) is 0 Å². The maximum absolute atomic E-state index is 11.9. The third-order valence-electron chi connectivity index (χ3n) is 2.60. The fourth-order valence-corrected chi connectivity index (χ4v) is 1.55. The Hall–Kier alpha value is -1.95. The Bertz CT molecular complexity index is 449. The number of hydrogen-bond acceptors (Lipinski definition) is 4. The molecule has 0 atom stereocenters. The molecule has 110 valence electrons. The molecule has 1 heterocycles. The number of methoxy groups -OCH3 is 1. The van der Waals surface area contributed by atoms with E-state index in [2.05, 4.69) is 15.6 Å². The summed E-state index contributed by atoms with van der Waals surface area (Å²) in [6.45, 7) is 3.69. The Labute approximate surface area is 118 Å². The van der Waals surface area contributed by atoms with Crippen LogP contribution in [0.15, 0.2) is 18.3 Å². The second-order valence-electron chi connectivity index (χ2n) is 4.29. The van der Waals surface area contributed by atoms with Crippen molar-refractivity contribution in [1.82, 2.24) is 15.6 Å². The number of pyridine rings is 1. The standard InChI is InChI=1S/C14H21N3O3/c1-3-6-16-14(19)12-10-11(5-8-15-12)13(18)17-7-4-9-20-2/h5,8,10H,3-4,6-7,9H2,1-2H3,(H,16,19)(H,17,18). The molecule has 2 amide bonds. The van der Waals surface area contributed by atoms with Gasteiger partial charge < -0.3 is 15.4 Å². The van der Waals surface area contributed by atoms with E-state index in [0.717, 1.165) is 12.8 Å². The highest BCUT2D eigenvalue weighted by Gasteiger charge is 2.10. The second-order valence-corrected chi connectivity index (χ2v) is 4.29. The first-order valence-corrected chi connectivity index (χ1v) is 6.70. The molecular weight excluding hydrogens is 258 g/mol. The van der Waals surface area contributed by atoms with E-state index in [-0.39, 0.29) is 17.5 Å². The van der Waals surface area contributed by atoms with Crippen molar-refractivity contribution in [3.8, 4) is 0 Å². The van der Waals surface area contributed by atoms with Gasteiger partial charge in [0.05, 0.1) is 0 Å². The normalized spacial score (nSPS) is 10.1. The maximum atomic E-state index is 11.9. The van der Waals surface area contributed by atoms with Crippen molar-refractivity contribution in [3.05, 3.63) is 29.6 Å². The molecule has 0 saturated carbocycles. The van der Waals surface area contributed by atoms with Crippen molar-refractivity contribution < 1.29 is 14.3 Å². The molecule has 0 spiro atoms. The Morgan fingerprint density at radius 2 is 2.00 bits per heavy atom. The molecule has 2 N–H and O–H groups in total. The van der Waals surface area contributed by atoms with Crippen LogP contribution in [-0.2, 0) is 4.74 Å². The Morgan fingerprint density at radius 3 is 2.70 bits per heavy atom. The molecule has 6 heteroatoms. The highest BCUT2D eigenvalue weighted by atomic mass is 16.5. The lowest BCUT2D eigenvalue weighted by Crippen LogP contribution is -2.27. The van der Waals surface area contributed by atoms with Gasteiger partial charge in [-0.1, -0.05) is 6.92 Å². The number of nitrogens with zero attached hydrogens (tertiary/aromatic N) is 1. The van der Waals surface area contributed by atoms with E-state index in [1.807, 2.05) is 6.92 Å². The van der Waals surface area contributed by atoms with Gasteiger partial charge in [-0.15, -0.1) is 0 Å². The summed E-state index contributed by atoms with van der Waals surface area (Å²) >= 11 is 0. The molecule has 0 aliphatic heterocycles. The predicted molar refractivity (Wildman–Crippen MR) is 75.7 cm³/mol. The van der Waals surface area contributed by atoms with Crippen LogP contribution in [0.5, 0.6) is 0 Å².